The molecule has 1 heterocycles. The van der Waals surface area contributed by atoms with Crippen molar-refractivity contribution in [2.45, 2.75) is 44.8 Å². The van der Waals surface area contributed by atoms with E-state index in [0.717, 1.165) is 11.9 Å². The molecule has 0 aromatic heterocycles. The molecule has 1 saturated carbocycles. The van der Waals surface area contributed by atoms with Crippen LogP contribution in [-0.2, 0) is 11.3 Å². The van der Waals surface area contributed by atoms with Gasteiger partial charge in [0.15, 0.2) is 0 Å². The van der Waals surface area contributed by atoms with Crippen LogP contribution in [-0.4, -0.2) is 36.3 Å². The number of methoxy groups -OCH3 is 1. The summed E-state index contributed by atoms with van der Waals surface area (Å²) < 4.78 is 5.82. The lowest BCUT2D eigenvalue weighted by Crippen LogP contribution is -2.47. The van der Waals surface area contributed by atoms with Crippen LogP contribution >= 0.6 is 0 Å². The minimum absolute atomic E-state index is 0.333. The number of phenols is 1. The molecule has 3 nitrogen and oxygen atoms in total. The van der Waals surface area contributed by atoms with E-state index in [0.29, 0.717) is 17.3 Å². The quantitative estimate of drug-likeness (QED) is 0.912. The number of aromatic hydroxyl groups is 1. The highest BCUT2D eigenvalue weighted by molar-refractivity contribution is 5.84. The van der Waals surface area contributed by atoms with Crippen LogP contribution in [0.15, 0.2) is 36.4 Å². The van der Waals surface area contributed by atoms with Gasteiger partial charge in [-0.15, -0.1) is 0 Å². The van der Waals surface area contributed by atoms with Crippen LogP contribution in [0.4, 0.5) is 0 Å². The fourth-order valence-corrected chi connectivity index (χ4v) is 4.97. The normalized spacial score (nSPS) is 28.0. The van der Waals surface area contributed by atoms with Crippen molar-refractivity contribution in [2.24, 2.45) is 5.41 Å². The van der Waals surface area contributed by atoms with E-state index < -0.39 is 0 Å². The number of phenolic OH excluding ortho intramolecular Hbond substituents is 1. The number of likely N-dealkylation sites (tertiary alicyclic amines) is 1. The molecule has 24 heavy (non-hydrogen) atoms. The van der Waals surface area contributed by atoms with Crippen molar-refractivity contribution in [3.05, 3.63) is 42.0 Å². The SMILES string of the molecule is CO[C@@H]1CCC[C@]12CCCN(Cc1ccc3cc(O)ccc3c1)C2. The fourth-order valence-electron chi connectivity index (χ4n) is 4.97. The standard InChI is InChI=1S/C21H27NO2/c1-24-20-4-2-9-21(20)10-3-11-22(15-21)14-16-5-6-18-13-19(23)8-7-17(18)12-16/h5-8,12-13,20,23H,2-4,9-11,14-15H2,1H3/t20-,21-/m1/s1. The highest BCUT2D eigenvalue weighted by Gasteiger charge is 2.45. The zero-order valence-corrected chi connectivity index (χ0v) is 14.5. The Morgan fingerprint density at radius 2 is 1.92 bits per heavy atom. The van der Waals surface area contributed by atoms with Crippen LogP contribution in [0.5, 0.6) is 5.75 Å². The van der Waals surface area contributed by atoms with Crippen molar-refractivity contribution in [3.8, 4) is 5.75 Å². The molecular formula is C21H27NO2. The molecule has 1 spiro atoms. The Labute approximate surface area is 144 Å². The maximum Gasteiger partial charge on any atom is 0.116 e. The second-order valence-corrected chi connectivity index (χ2v) is 7.66. The molecule has 1 N–H and O–H groups in total. The molecule has 2 aromatic rings. The Bertz CT molecular complexity index is 729. The van der Waals surface area contributed by atoms with Crippen LogP contribution in [0.2, 0.25) is 0 Å². The van der Waals surface area contributed by atoms with Gasteiger partial charge in [0.2, 0.25) is 0 Å². The van der Waals surface area contributed by atoms with Gasteiger partial charge in [-0.3, -0.25) is 4.90 Å². The van der Waals surface area contributed by atoms with Crippen LogP contribution in [0.25, 0.3) is 10.8 Å². The molecule has 1 saturated heterocycles. The van der Waals surface area contributed by atoms with Gasteiger partial charge in [0, 0.05) is 25.6 Å². The van der Waals surface area contributed by atoms with Crippen molar-refractivity contribution in [3.63, 3.8) is 0 Å². The topological polar surface area (TPSA) is 32.7 Å². The molecule has 2 fully saturated rings. The summed E-state index contributed by atoms with van der Waals surface area (Å²) in [4.78, 5) is 2.61. The third-order valence-electron chi connectivity index (χ3n) is 6.09. The molecule has 4 rings (SSSR count). The summed E-state index contributed by atoms with van der Waals surface area (Å²) in [6, 6.07) is 12.2. The second-order valence-electron chi connectivity index (χ2n) is 7.66. The smallest absolute Gasteiger partial charge is 0.116 e. The van der Waals surface area contributed by atoms with Gasteiger partial charge >= 0.3 is 0 Å². The summed E-state index contributed by atoms with van der Waals surface area (Å²) in [6.45, 7) is 3.36. The number of hydrogen-bond donors (Lipinski definition) is 1. The molecular weight excluding hydrogens is 298 g/mol. The summed E-state index contributed by atoms with van der Waals surface area (Å²) in [5.74, 6) is 0.333. The molecule has 2 atom stereocenters. The molecule has 0 radical (unpaired) electrons. The van der Waals surface area contributed by atoms with Crippen LogP contribution in [0.3, 0.4) is 0 Å². The van der Waals surface area contributed by atoms with Crippen molar-refractivity contribution >= 4 is 10.8 Å². The van der Waals surface area contributed by atoms with Gasteiger partial charge in [0.1, 0.15) is 5.75 Å². The number of hydrogen-bond acceptors (Lipinski definition) is 3. The summed E-state index contributed by atoms with van der Waals surface area (Å²) in [5.41, 5.74) is 1.74. The first-order chi connectivity index (χ1) is 11.7. The molecule has 0 bridgehead atoms. The first-order valence-corrected chi connectivity index (χ1v) is 9.15. The first kappa shape index (κ1) is 15.9. The summed E-state index contributed by atoms with van der Waals surface area (Å²) >= 11 is 0. The Kier molecular flexibility index (Phi) is 4.23. The van der Waals surface area contributed by atoms with Crippen LogP contribution < -0.4 is 0 Å². The highest BCUT2D eigenvalue weighted by atomic mass is 16.5. The van der Waals surface area contributed by atoms with E-state index in [1.807, 2.05) is 19.2 Å². The van der Waals surface area contributed by atoms with Crippen LogP contribution in [0.1, 0.15) is 37.7 Å². The molecule has 0 unspecified atom stereocenters. The molecule has 0 amide bonds. The molecule has 2 aliphatic rings. The summed E-state index contributed by atoms with van der Waals surface area (Å²) in [5, 5.41) is 11.9. The monoisotopic (exact) mass is 325 g/mol. The third-order valence-corrected chi connectivity index (χ3v) is 6.09. The predicted octanol–water partition coefficient (Wildman–Crippen LogP) is 4.33. The van der Waals surface area contributed by atoms with Gasteiger partial charge in [-0.25, -0.2) is 0 Å². The number of nitrogens with zero attached hydrogens (tertiary/aromatic N) is 1. The Balaban J connectivity index is 1.51. The number of benzene rings is 2. The van der Waals surface area contributed by atoms with Crippen molar-refractivity contribution in [1.29, 1.82) is 0 Å². The predicted molar refractivity (Wildman–Crippen MR) is 97.2 cm³/mol. The Morgan fingerprint density at radius 1 is 1.12 bits per heavy atom. The lowest BCUT2D eigenvalue weighted by atomic mass is 9.76. The van der Waals surface area contributed by atoms with E-state index in [1.54, 1.807) is 6.07 Å². The van der Waals surface area contributed by atoms with E-state index in [9.17, 15) is 5.11 Å². The average molecular weight is 325 g/mol. The Morgan fingerprint density at radius 3 is 2.79 bits per heavy atom. The number of piperidine rings is 1. The molecule has 3 heteroatoms. The van der Waals surface area contributed by atoms with E-state index in [2.05, 4.69) is 23.1 Å². The minimum Gasteiger partial charge on any atom is -0.508 e. The third kappa shape index (κ3) is 2.91. The average Bonchev–Trinajstić information content (AvgIpc) is 2.97. The van der Waals surface area contributed by atoms with Gasteiger partial charge in [0.25, 0.3) is 0 Å². The van der Waals surface area contributed by atoms with E-state index in [4.69, 9.17) is 4.74 Å². The number of fused-ring (bicyclic) bond motifs is 1. The van der Waals surface area contributed by atoms with Gasteiger partial charge in [-0.05, 0) is 66.8 Å². The van der Waals surface area contributed by atoms with Gasteiger partial charge in [0.05, 0.1) is 6.10 Å². The maximum absolute atomic E-state index is 9.61. The number of rotatable bonds is 3. The molecule has 1 aliphatic carbocycles. The Hall–Kier alpha value is -1.58. The van der Waals surface area contributed by atoms with Crippen LogP contribution in [0, 0.1) is 5.41 Å². The maximum atomic E-state index is 9.61. The summed E-state index contributed by atoms with van der Waals surface area (Å²) in [7, 11) is 1.88. The molecule has 128 valence electrons. The van der Waals surface area contributed by atoms with Crippen molar-refractivity contribution in [1.82, 2.24) is 4.90 Å². The van der Waals surface area contributed by atoms with E-state index in [1.165, 1.54) is 56.1 Å². The molecule has 1 aliphatic heterocycles. The first-order valence-electron chi connectivity index (χ1n) is 9.15. The van der Waals surface area contributed by atoms with E-state index >= 15 is 0 Å². The zero-order chi connectivity index (χ0) is 16.6. The number of ether oxygens (including phenoxy) is 1. The largest absolute Gasteiger partial charge is 0.508 e. The van der Waals surface area contributed by atoms with Crippen molar-refractivity contribution < 1.29 is 9.84 Å². The van der Waals surface area contributed by atoms with Gasteiger partial charge in [-0.2, -0.15) is 0 Å². The van der Waals surface area contributed by atoms with Gasteiger partial charge < -0.3 is 9.84 Å². The van der Waals surface area contributed by atoms with Crippen molar-refractivity contribution in [2.75, 3.05) is 20.2 Å². The van der Waals surface area contributed by atoms with E-state index in [-0.39, 0.29) is 0 Å². The second kappa shape index (κ2) is 6.38. The summed E-state index contributed by atoms with van der Waals surface area (Å²) in [6.07, 6.45) is 6.90. The lowest BCUT2D eigenvalue weighted by molar-refractivity contribution is -0.0366. The minimum atomic E-state index is 0.333. The lowest BCUT2D eigenvalue weighted by Gasteiger charge is -2.43. The highest BCUT2D eigenvalue weighted by Crippen LogP contribution is 2.46. The molecule has 2 aromatic carbocycles. The van der Waals surface area contributed by atoms with Gasteiger partial charge in [-0.1, -0.05) is 24.6 Å². The zero-order valence-electron chi connectivity index (χ0n) is 14.5. The fraction of sp³-hybridized carbons (Fsp3) is 0.524.